The van der Waals surface area contributed by atoms with Gasteiger partial charge in [-0.05, 0) is 30.5 Å². The lowest BCUT2D eigenvalue weighted by Gasteiger charge is -2.24. The molecule has 2 rings (SSSR count). The maximum atomic E-state index is 13.8. The quantitative estimate of drug-likeness (QED) is 0.876. The molecule has 1 aromatic carbocycles. The Labute approximate surface area is 125 Å². The van der Waals surface area contributed by atoms with Gasteiger partial charge in [-0.25, -0.2) is 17.2 Å². The van der Waals surface area contributed by atoms with Gasteiger partial charge >= 0.3 is 0 Å². The largest absolute Gasteiger partial charge is 0.399 e. The molecule has 0 aliphatic heterocycles. The zero-order chi connectivity index (χ0) is 15.8. The number of anilines is 1. The number of hydrogen-bond donors (Lipinski definition) is 1. The summed E-state index contributed by atoms with van der Waals surface area (Å²) in [6.07, 6.45) is 0. The first-order valence-corrected chi connectivity index (χ1v) is 8.33. The molecule has 1 atom stereocenters. The molecule has 0 bridgehead atoms. The Bertz CT molecular complexity index is 723. The molecule has 1 heterocycles. The highest BCUT2D eigenvalue weighted by molar-refractivity contribution is 7.89. The molecule has 0 aliphatic carbocycles. The van der Waals surface area contributed by atoms with Crippen LogP contribution in [0.2, 0.25) is 0 Å². The first-order valence-electron chi connectivity index (χ1n) is 6.01. The van der Waals surface area contributed by atoms with Gasteiger partial charge in [0, 0.05) is 17.6 Å². The lowest BCUT2D eigenvalue weighted by atomic mass is 10.3. The van der Waals surface area contributed by atoms with E-state index in [2.05, 4.69) is 0 Å². The Balaban J connectivity index is 2.47. The SMILES string of the molecule is CC(c1cccs1)N(C)S(=O)(=O)c1c(F)cc(N)cc1F. The molecule has 21 heavy (non-hydrogen) atoms. The molecular formula is C13H14F2N2O2S2. The molecule has 114 valence electrons. The fraction of sp³-hybridized carbons (Fsp3) is 0.231. The molecule has 2 aromatic rings. The van der Waals surface area contributed by atoms with Crippen LogP contribution in [0.1, 0.15) is 17.8 Å². The molecule has 2 N–H and O–H groups in total. The van der Waals surface area contributed by atoms with Crippen molar-refractivity contribution < 1.29 is 17.2 Å². The van der Waals surface area contributed by atoms with E-state index < -0.39 is 32.6 Å². The van der Waals surface area contributed by atoms with E-state index in [9.17, 15) is 17.2 Å². The van der Waals surface area contributed by atoms with E-state index in [0.29, 0.717) is 0 Å². The summed E-state index contributed by atoms with van der Waals surface area (Å²) in [5.41, 5.74) is 5.13. The van der Waals surface area contributed by atoms with E-state index in [1.54, 1.807) is 24.4 Å². The van der Waals surface area contributed by atoms with Crippen molar-refractivity contribution in [2.45, 2.75) is 17.9 Å². The summed E-state index contributed by atoms with van der Waals surface area (Å²) in [7, 11) is -3.02. The van der Waals surface area contributed by atoms with Crippen LogP contribution in [0.25, 0.3) is 0 Å². The smallest absolute Gasteiger partial charge is 0.249 e. The molecular weight excluding hydrogens is 318 g/mol. The van der Waals surface area contributed by atoms with Crippen LogP contribution in [0, 0.1) is 11.6 Å². The first-order chi connectivity index (χ1) is 9.75. The van der Waals surface area contributed by atoms with Crippen LogP contribution in [-0.4, -0.2) is 19.8 Å². The molecule has 0 saturated heterocycles. The summed E-state index contributed by atoms with van der Waals surface area (Å²) in [5, 5.41) is 1.80. The Morgan fingerprint density at radius 3 is 2.33 bits per heavy atom. The molecule has 4 nitrogen and oxygen atoms in total. The highest BCUT2D eigenvalue weighted by Gasteiger charge is 2.32. The summed E-state index contributed by atoms with van der Waals surface area (Å²) in [5.74, 6) is -2.39. The number of benzene rings is 1. The maximum Gasteiger partial charge on any atom is 0.249 e. The van der Waals surface area contributed by atoms with Crippen molar-refractivity contribution in [1.82, 2.24) is 4.31 Å². The summed E-state index contributed by atoms with van der Waals surface area (Å²) >= 11 is 1.37. The van der Waals surface area contributed by atoms with Gasteiger partial charge in [-0.3, -0.25) is 0 Å². The molecule has 0 fully saturated rings. The van der Waals surface area contributed by atoms with Gasteiger partial charge in [0.2, 0.25) is 10.0 Å². The summed E-state index contributed by atoms with van der Waals surface area (Å²) < 4.78 is 53.5. The van der Waals surface area contributed by atoms with Crippen LogP contribution in [0.4, 0.5) is 14.5 Å². The van der Waals surface area contributed by atoms with Gasteiger partial charge < -0.3 is 5.73 Å². The minimum absolute atomic E-state index is 0.169. The van der Waals surface area contributed by atoms with Crippen LogP contribution in [0.3, 0.4) is 0 Å². The van der Waals surface area contributed by atoms with Crippen molar-refractivity contribution in [3.8, 4) is 0 Å². The fourth-order valence-corrected chi connectivity index (χ4v) is 4.21. The van der Waals surface area contributed by atoms with Crippen LogP contribution in [0.15, 0.2) is 34.5 Å². The van der Waals surface area contributed by atoms with Crippen molar-refractivity contribution in [2.24, 2.45) is 0 Å². The topological polar surface area (TPSA) is 63.4 Å². The van der Waals surface area contributed by atoms with Crippen molar-refractivity contribution in [2.75, 3.05) is 12.8 Å². The van der Waals surface area contributed by atoms with E-state index in [1.165, 1.54) is 18.4 Å². The second-order valence-corrected chi connectivity index (χ2v) is 7.44. The third-order valence-corrected chi connectivity index (χ3v) is 6.18. The second-order valence-electron chi connectivity index (χ2n) is 4.53. The van der Waals surface area contributed by atoms with Gasteiger partial charge in [0.25, 0.3) is 0 Å². The molecule has 1 aromatic heterocycles. The number of hydrogen-bond acceptors (Lipinski definition) is 4. The Kier molecular flexibility index (Phi) is 4.31. The Morgan fingerprint density at radius 1 is 1.29 bits per heavy atom. The van der Waals surface area contributed by atoms with Crippen LogP contribution in [0.5, 0.6) is 0 Å². The lowest BCUT2D eigenvalue weighted by Crippen LogP contribution is -2.30. The summed E-state index contributed by atoms with van der Waals surface area (Å²) in [6.45, 7) is 1.65. The summed E-state index contributed by atoms with van der Waals surface area (Å²) in [6, 6.07) is 4.59. The average molecular weight is 332 g/mol. The van der Waals surface area contributed by atoms with Gasteiger partial charge in [0.05, 0.1) is 6.04 Å². The average Bonchev–Trinajstić information content (AvgIpc) is 2.89. The standard InChI is InChI=1S/C13H14F2N2O2S2/c1-8(12-4-3-5-20-12)17(2)21(18,19)13-10(14)6-9(16)7-11(13)15/h3-8H,16H2,1-2H3. The highest BCUT2D eigenvalue weighted by Crippen LogP contribution is 2.31. The number of nitrogens with zero attached hydrogens (tertiary/aromatic N) is 1. The minimum atomic E-state index is -4.31. The highest BCUT2D eigenvalue weighted by atomic mass is 32.2. The van der Waals surface area contributed by atoms with Gasteiger partial charge in [0.15, 0.2) is 4.90 Å². The predicted octanol–water partition coefficient (Wildman–Crippen LogP) is 2.99. The van der Waals surface area contributed by atoms with E-state index in [4.69, 9.17) is 5.73 Å². The van der Waals surface area contributed by atoms with Gasteiger partial charge in [-0.1, -0.05) is 6.07 Å². The number of rotatable bonds is 4. The third kappa shape index (κ3) is 2.92. The minimum Gasteiger partial charge on any atom is -0.399 e. The van der Waals surface area contributed by atoms with E-state index in [-0.39, 0.29) is 5.69 Å². The zero-order valence-corrected chi connectivity index (χ0v) is 13.0. The van der Waals surface area contributed by atoms with E-state index >= 15 is 0 Å². The first kappa shape index (κ1) is 15.9. The van der Waals surface area contributed by atoms with E-state index in [0.717, 1.165) is 21.3 Å². The number of thiophene rings is 1. The molecule has 0 saturated carbocycles. The number of halogens is 2. The van der Waals surface area contributed by atoms with Crippen LogP contribution < -0.4 is 5.73 Å². The Hall–Kier alpha value is -1.51. The molecule has 0 radical (unpaired) electrons. The number of sulfonamides is 1. The molecule has 0 spiro atoms. The molecule has 0 amide bonds. The van der Waals surface area contributed by atoms with Crippen LogP contribution >= 0.6 is 11.3 Å². The van der Waals surface area contributed by atoms with Crippen molar-refractivity contribution >= 4 is 27.0 Å². The van der Waals surface area contributed by atoms with Crippen molar-refractivity contribution in [1.29, 1.82) is 0 Å². The predicted molar refractivity (Wildman–Crippen MR) is 78.5 cm³/mol. The molecule has 0 aliphatic rings. The lowest BCUT2D eigenvalue weighted by molar-refractivity contribution is 0.394. The molecule has 1 unspecified atom stereocenters. The Morgan fingerprint density at radius 2 is 1.86 bits per heavy atom. The number of nitrogens with two attached hydrogens (primary N) is 1. The normalized spacial score (nSPS) is 13.6. The third-order valence-electron chi connectivity index (χ3n) is 3.16. The maximum absolute atomic E-state index is 13.8. The van der Waals surface area contributed by atoms with E-state index in [1.807, 2.05) is 0 Å². The van der Waals surface area contributed by atoms with Crippen molar-refractivity contribution in [3.05, 3.63) is 46.2 Å². The summed E-state index contributed by atoms with van der Waals surface area (Å²) in [4.78, 5) is -0.208. The zero-order valence-electron chi connectivity index (χ0n) is 11.4. The van der Waals surface area contributed by atoms with Crippen LogP contribution in [-0.2, 0) is 10.0 Å². The van der Waals surface area contributed by atoms with Gasteiger partial charge in [-0.2, -0.15) is 4.31 Å². The van der Waals surface area contributed by atoms with Gasteiger partial charge in [0.1, 0.15) is 11.6 Å². The van der Waals surface area contributed by atoms with Crippen molar-refractivity contribution in [3.63, 3.8) is 0 Å². The monoisotopic (exact) mass is 332 g/mol. The molecule has 8 heteroatoms. The second kappa shape index (κ2) is 5.70. The number of nitrogen functional groups attached to an aromatic ring is 1. The van der Waals surface area contributed by atoms with Gasteiger partial charge in [-0.15, -0.1) is 11.3 Å². The fourth-order valence-electron chi connectivity index (χ4n) is 1.89.